The van der Waals surface area contributed by atoms with Gasteiger partial charge in [0.1, 0.15) is 0 Å². The summed E-state index contributed by atoms with van der Waals surface area (Å²) in [4.78, 5) is 14.8. The molecule has 0 spiro atoms. The van der Waals surface area contributed by atoms with E-state index in [0.29, 0.717) is 0 Å². The third kappa shape index (κ3) is 1.95. The third-order valence-electron chi connectivity index (χ3n) is 1.75. The zero-order chi connectivity index (χ0) is 7.56. The monoisotopic (exact) mass is 206 g/mol. The summed E-state index contributed by atoms with van der Waals surface area (Å²) in [5.41, 5.74) is 0. The van der Waals surface area contributed by atoms with Crippen LogP contribution < -0.4 is 0 Å². The first-order chi connectivity index (χ1) is 4.70. The molecule has 0 unspecified atom stereocenters. The number of likely N-dealkylation sites (N-methyl/N-ethyl adjacent to an activating group) is 1. The number of rotatable bonds is 0. The van der Waals surface area contributed by atoms with Crippen molar-refractivity contribution in [3.05, 3.63) is 0 Å². The highest BCUT2D eigenvalue weighted by molar-refractivity contribution is 9.18. The topological polar surface area (TPSA) is 23.6 Å². The molecule has 0 atom stereocenters. The van der Waals surface area contributed by atoms with Gasteiger partial charge in [0.2, 0.25) is 0 Å². The van der Waals surface area contributed by atoms with Crippen LogP contribution in [0.4, 0.5) is 4.79 Å². The van der Waals surface area contributed by atoms with Crippen LogP contribution in [0.3, 0.4) is 0 Å². The lowest BCUT2D eigenvalue weighted by Gasteiger charge is -2.30. The van der Waals surface area contributed by atoms with Gasteiger partial charge in [-0.05, 0) is 7.05 Å². The van der Waals surface area contributed by atoms with E-state index in [1.54, 1.807) is 4.90 Å². The van der Waals surface area contributed by atoms with Crippen LogP contribution >= 0.6 is 15.9 Å². The summed E-state index contributed by atoms with van der Waals surface area (Å²) in [6.07, 6.45) is 0. The normalized spacial score (nSPS) is 21.2. The molecular formula is C6H11BrN2O. The zero-order valence-electron chi connectivity index (χ0n) is 6.01. The summed E-state index contributed by atoms with van der Waals surface area (Å²) in [5.74, 6) is 0. The molecule has 1 fully saturated rings. The van der Waals surface area contributed by atoms with Gasteiger partial charge in [-0.15, -0.1) is 0 Å². The molecule has 1 amide bonds. The second kappa shape index (κ2) is 3.34. The Morgan fingerprint density at radius 1 is 1.30 bits per heavy atom. The van der Waals surface area contributed by atoms with Crippen LogP contribution in [-0.4, -0.2) is 47.8 Å². The van der Waals surface area contributed by atoms with Crippen LogP contribution in [0.1, 0.15) is 0 Å². The highest BCUT2D eigenvalue weighted by atomic mass is 79.9. The minimum atomic E-state index is 0.0144. The van der Waals surface area contributed by atoms with Crippen molar-refractivity contribution in [2.24, 2.45) is 0 Å². The van der Waals surface area contributed by atoms with E-state index in [1.807, 2.05) is 0 Å². The summed E-state index contributed by atoms with van der Waals surface area (Å²) in [6.45, 7) is 3.66. The molecule has 0 bridgehead atoms. The van der Waals surface area contributed by atoms with Crippen molar-refractivity contribution >= 4 is 20.7 Å². The Labute approximate surface area is 69.1 Å². The molecule has 10 heavy (non-hydrogen) atoms. The molecule has 0 N–H and O–H groups in total. The van der Waals surface area contributed by atoms with Crippen LogP contribution in [0.2, 0.25) is 0 Å². The van der Waals surface area contributed by atoms with Crippen molar-refractivity contribution in [3.63, 3.8) is 0 Å². The van der Waals surface area contributed by atoms with Gasteiger partial charge in [0, 0.05) is 42.1 Å². The van der Waals surface area contributed by atoms with Gasteiger partial charge in [0.15, 0.2) is 0 Å². The third-order valence-corrected chi connectivity index (χ3v) is 2.25. The number of hydrogen-bond acceptors (Lipinski definition) is 2. The lowest BCUT2D eigenvalue weighted by Crippen LogP contribution is -2.45. The van der Waals surface area contributed by atoms with Crippen LogP contribution in [0.25, 0.3) is 0 Å². The smallest absolute Gasteiger partial charge is 0.289 e. The number of carbonyl (C=O) groups excluding carboxylic acids is 1. The quantitative estimate of drug-likeness (QED) is 0.432. The summed E-state index contributed by atoms with van der Waals surface area (Å²) in [6, 6.07) is 0. The van der Waals surface area contributed by atoms with Gasteiger partial charge in [-0.25, -0.2) is 0 Å². The van der Waals surface area contributed by atoms with Gasteiger partial charge in [0.05, 0.1) is 0 Å². The van der Waals surface area contributed by atoms with E-state index in [9.17, 15) is 4.79 Å². The summed E-state index contributed by atoms with van der Waals surface area (Å²) >= 11 is 2.92. The maximum Gasteiger partial charge on any atom is 0.289 e. The highest BCUT2D eigenvalue weighted by Gasteiger charge is 2.15. The van der Waals surface area contributed by atoms with Crippen molar-refractivity contribution < 1.29 is 4.79 Å². The van der Waals surface area contributed by atoms with Crippen molar-refractivity contribution in [2.45, 2.75) is 0 Å². The Balaban J connectivity index is 2.33. The molecule has 1 aliphatic rings. The molecule has 0 aromatic rings. The highest BCUT2D eigenvalue weighted by Crippen LogP contribution is 2.03. The van der Waals surface area contributed by atoms with Gasteiger partial charge in [0.25, 0.3) is 4.82 Å². The number of hydrogen-bond donors (Lipinski definition) is 0. The number of amides is 1. The first kappa shape index (κ1) is 8.01. The van der Waals surface area contributed by atoms with Crippen LogP contribution in [0.15, 0.2) is 0 Å². The molecule has 4 heteroatoms. The lowest BCUT2D eigenvalue weighted by molar-refractivity contribution is 0.173. The molecule has 0 saturated carbocycles. The molecule has 1 aliphatic heterocycles. The molecule has 0 aromatic carbocycles. The van der Waals surface area contributed by atoms with Crippen LogP contribution in [-0.2, 0) is 0 Å². The predicted octanol–water partition coefficient (Wildman–Crippen LogP) is 0.749. The Hall–Kier alpha value is -0.0900. The number of halogens is 1. The summed E-state index contributed by atoms with van der Waals surface area (Å²) < 4.78 is 0. The first-order valence-corrected chi connectivity index (χ1v) is 4.12. The van der Waals surface area contributed by atoms with E-state index in [4.69, 9.17) is 0 Å². The van der Waals surface area contributed by atoms with E-state index in [0.717, 1.165) is 26.2 Å². The molecule has 1 rings (SSSR count). The predicted molar refractivity (Wildman–Crippen MR) is 43.4 cm³/mol. The molecule has 0 aromatic heterocycles. The average Bonchev–Trinajstić information content (AvgIpc) is 1.88. The SMILES string of the molecule is CN1CCN(C(=O)Br)CC1. The van der Waals surface area contributed by atoms with Gasteiger partial charge in [-0.2, -0.15) is 0 Å². The van der Waals surface area contributed by atoms with E-state index in [1.165, 1.54) is 0 Å². The minimum absolute atomic E-state index is 0.0144. The Morgan fingerprint density at radius 2 is 1.80 bits per heavy atom. The largest absolute Gasteiger partial charge is 0.331 e. The van der Waals surface area contributed by atoms with E-state index < -0.39 is 0 Å². The molecule has 0 aliphatic carbocycles. The van der Waals surface area contributed by atoms with Crippen molar-refractivity contribution in [3.8, 4) is 0 Å². The van der Waals surface area contributed by atoms with E-state index in [2.05, 4.69) is 27.9 Å². The molecule has 1 heterocycles. The van der Waals surface area contributed by atoms with Crippen molar-refractivity contribution in [1.82, 2.24) is 9.80 Å². The standard InChI is InChI=1S/C6H11BrN2O/c1-8-2-4-9(5-3-8)6(7)10/h2-5H2,1H3. The van der Waals surface area contributed by atoms with Crippen molar-refractivity contribution in [1.29, 1.82) is 0 Å². The maximum absolute atomic E-state index is 10.7. The second-order valence-corrected chi connectivity index (χ2v) is 3.22. The molecule has 1 saturated heterocycles. The second-order valence-electron chi connectivity index (χ2n) is 2.54. The molecule has 58 valence electrons. The fraction of sp³-hybridized carbons (Fsp3) is 0.833. The fourth-order valence-corrected chi connectivity index (χ4v) is 1.34. The number of nitrogens with zero attached hydrogens (tertiary/aromatic N) is 2. The van der Waals surface area contributed by atoms with Gasteiger partial charge in [-0.1, -0.05) is 0 Å². The van der Waals surface area contributed by atoms with Gasteiger partial charge >= 0.3 is 0 Å². The number of carbonyl (C=O) groups is 1. The maximum atomic E-state index is 10.7. The summed E-state index contributed by atoms with van der Waals surface area (Å²) in [5, 5.41) is 0. The van der Waals surface area contributed by atoms with Crippen molar-refractivity contribution in [2.75, 3.05) is 33.2 Å². The van der Waals surface area contributed by atoms with E-state index in [-0.39, 0.29) is 4.82 Å². The Bertz CT molecular complexity index is 132. The first-order valence-electron chi connectivity index (χ1n) is 3.33. The van der Waals surface area contributed by atoms with Gasteiger partial charge in [-0.3, -0.25) is 4.79 Å². The fourth-order valence-electron chi connectivity index (χ4n) is 0.982. The van der Waals surface area contributed by atoms with Crippen LogP contribution in [0, 0.1) is 0 Å². The lowest BCUT2D eigenvalue weighted by atomic mass is 10.4. The Morgan fingerprint density at radius 3 is 2.20 bits per heavy atom. The zero-order valence-corrected chi connectivity index (χ0v) is 7.60. The minimum Gasteiger partial charge on any atom is -0.331 e. The van der Waals surface area contributed by atoms with Gasteiger partial charge < -0.3 is 9.80 Å². The van der Waals surface area contributed by atoms with Crippen LogP contribution in [0.5, 0.6) is 0 Å². The molecule has 0 radical (unpaired) electrons. The number of piperazine rings is 1. The van der Waals surface area contributed by atoms with E-state index >= 15 is 0 Å². The Kier molecular flexibility index (Phi) is 2.68. The average molecular weight is 207 g/mol. The molecule has 3 nitrogen and oxygen atoms in total. The molecular weight excluding hydrogens is 196 g/mol. The summed E-state index contributed by atoms with van der Waals surface area (Å²) in [7, 11) is 2.07.